The zero-order valence-electron chi connectivity index (χ0n) is 10.1. The minimum absolute atomic E-state index is 0.118. The van der Waals surface area contributed by atoms with Gasteiger partial charge in [-0.3, -0.25) is 4.79 Å². The van der Waals surface area contributed by atoms with Crippen LogP contribution >= 0.6 is 0 Å². The molecule has 1 aliphatic heterocycles. The van der Waals surface area contributed by atoms with Gasteiger partial charge in [-0.1, -0.05) is 13.3 Å². The van der Waals surface area contributed by atoms with Crippen LogP contribution in [0.1, 0.15) is 39.0 Å². The molecule has 0 saturated carbocycles. The number of nitrogens with zero attached hydrogens (tertiary/aromatic N) is 1. The first-order valence-electron chi connectivity index (χ1n) is 5.95. The molecule has 1 unspecified atom stereocenters. The SMILES string of the molecule is CCCNS(=O)(=O)N1CCCCC1CC(=O)O. The summed E-state index contributed by atoms with van der Waals surface area (Å²) in [7, 11) is -3.52. The summed E-state index contributed by atoms with van der Waals surface area (Å²) in [6.07, 6.45) is 2.91. The van der Waals surface area contributed by atoms with Crippen LogP contribution in [0, 0.1) is 0 Å². The average Bonchev–Trinajstić information content (AvgIpc) is 2.26. The third kappa shape index (κ3) is 4.25. The zero-order chi connectivity index (χ0) is 12.9. The van der Waals surface area contributed by atoms with Gasteiger partial charge in [-0.2, -0.15) is 12.7 Å². The molecule has 0 amide bonds. The Balaban J connectivity index is 2.72. The van der Waals surface area contributed by atoms with Crippen LogP contribution in [0.15, 0.2) is 0 Å². The van der Waals surface area contributed by atoms with Crippen LogP contribution < -0.4 is 4.72 Å². The van der Waals surface area contributed by atoms with E-state index in [-0.39, 0.29) is 6.42 Å². The maximum atomic E-state index is 12.0. The van der Waals surface area contributed by atoms with E-state index in [0.717, 1.165) is 19.3 Å². The normalized spacial score (nSPS) is 22.5. The van der Waals surface area contributed by atoms with Crippen molar-refractivity contribution in [3.8, 4) is 0 Å². The molecule has 0 bridgehead atoms. The predicted octanol–water partition coefficient (Wildman–Crippen LogP) is 0.560. The fourth-order valence-corrected chi connectivity index (χ4v) is 3.58. The largest absolute Gasteiger partial charge is 0.481 e. The molecule has 1 rings (SSSR count). The van der Waals surface area contributed by atoms with E-state index in [1.165, 1.54) is 4.31 Å². The fraction of sp³-hybridized carbons (Fsp3) is 0.900. The highest BCUT2D eigenvalue weighted by Crippen LogP contribution is 2.22. The van der Waals surface area contributed by atoms with Gasteiger partial charge >= 0.3 is 5.97 Å². The minimum Gasteiger partial charge on any atom is -0.481 e. The molecular weight excluding hydrogens is 244 g/mol. The lowest BCUT2D eigenvalue weighted by Crippen LogP contribution is -2.49. The van der Waals surface area contributed by atoms with Crippen molar-refractivity contribution < 1.29 is 18.3 Å². The molecular formula is C10H20N2O4S. The molecule has 1 atom stereocenters. The minimum atomic E-state index is -3.52. The van der Waals surface area contributed by atoms with E-state index in [4.69, 9.17) is 5.11 Å². The average molecular weight is 264 g/mol. The molecule has 7 heteroatoms. The second kappa shape index (κ2) is 6.32. The summed E-state index contributed by atoms with van der Waals surface area (Å²) in [5, 5.41) is 8.78. The Kier molecular flexibility index (Phi) is 5.35. The number of piperidine rings is 1. The molecule has 100 valence electrons. The predicted molar refractivity (Wildman–Crippen MR) is 63.8 cm³/mol. The van der Waals surface area contributed by atoms with Crippen molar-refractivity contribution in [3.05, 3.63) is 0 Å². The van der Waals surface area contributed by atoms with Crippen LogP contribution in [0.25, 0.3) is 0 Å². The highest BCUT2D eigenvalue weighted by Gasteiger charge is 2.32. The molecule has 0 aromatic carbocycles. The summed E-state index contributed by atoms with van der Waals surface area (Å²) >= 11 is 0. The van der Waals surface area contributed by atoms with Crippen molar-refractivity contribution in [2.75, 3.05) is 13.1 Å². The van der Waals surface area contributed by atoms with E-state index in [9.17, 15) is 13.2 Å². The summed E-state index contributed by atoms with van der Waals surface area (Å²) in [4.78, 5) is 10.7. The summed E-state index contributed by atoms with van der Waals surface area (Å²) in [6, 6.07) is -0.407. The van der Waals surface area contributed by atoms with Crippen molar-refractivity contribution in [3.63, 3.8) is 0 Å². The lowest BCUT2D eigenvalue weighted by atomic mass is 10.0. The zero-order valence-corrected chi connectivity index (χ0v) is 10.9. The first kappa shape index (κ1) is 14.4. The molecule has 6 nitrogen and oxygen atoms in total. The Morgan fingerprint density at radius 1 is 1.47 bits per heavy atom. The van der Waals surface area contributed by atoms with Crippen molar-refractivity contribution >= 4 is 16.2 Å². The Morgan fingerprint density at radius 3 is 2.76 bits per heavy atom. The van der Waals surface area contributed by atoms with Gasteiger partial charge in [0.05, 0.1) is 6.42 Å². The molecule has 1 heterocycles. The van der Waals surface area contributed by atoms with Crippen LogP contribution in [0.4, 0.5) is 0 Å². The van der Waals surface area contributed by atoms with Crippen molar-refractivity contribution in [1.29, 1.82) is 0 Å². The van der Waals surface area contributed by atoms with Crippen molar-refractivity contribution in [2.45, 2.75) is 45.1 Å². The van der Waals surface area contributed by atoms with Gasteiger partial charge in [-0.15, -0.1) is 0 Å². The number of carbonyl (C=O) groups is 1. The second-order valence-electron chi connectivity index (χ2n) is 4.26. The van der Waals surface area contributed by atoms with Gasteiger partial charge in [0.2, 0.25) is 0 Å². The van der Waals surface area contributed by atoms with E-state index in [2.05, 4.69) is 4.72 Å². The first-order valence-corrected chi connectivity index (χ1v) is 7.39. The Hall–Kier alpha value is -0.660. The number of carboxylic acid groups (broad SMARTS) is 1. The molecule has 0 aromatic rings. The van der Waals surface area contributed by atoms with Crippen LogP contribution in [-0.2, 0) is 15.0 Å². The molecule has 1 saturated heterocycles. The van der Waals surface area contributed by atoms with Gasteiger partial charge in [0.25, 0.3) is 10.2 Å². The van der Waals surface area contributed by atoms with E-state index < -0.39 is 22.2 Å². The van der Waals surface area contributed by atoms with Gasteiger partial charge in [0.1, 0.15) is 0 Å². The third-order valence-corrected chi connectivity index (χ3v) is 4.49. The first-order chi connectivity index (χ1) is 7.97. The van der Waals surface area contributed by atoms with Crippen LogP contribution in [0.2, 0.25) is 0 Å². The van der Waals surface area contributed by atoms with Crippen molar-refractivity contribution in [2.24, 2.45) is 0 Å². The topological polar surface area (TPSA) is 86.7 Å². The highest BCUT2D eigenvalue weighted by atomic mass is 32.2. The highest BCUT2D eigenvalue weighted by molar-refractivity contribution is 7.87. The van der Waals surface area contributed by atoms with Gasteiger partial charge in [0, 0.05) is 19.1 Å². The van der Waals surface area contributed by atoms with E-state index in [1.54, 1.807) is 0 Å². The molecule has 2 N–H and O–H groups in total. The number of hydrogen-bond acceptors (Lipinski definition) is 3. The Morgan fingerprint density at radius 2 is 2.18 bits per heavy atom. The standard InChI is InChI=1S/C10H20N2O4S/c1-2-6-11-17(15,16)12-7-4-3-5-9(12)8-10(13)14/h9,11H,2-8H2,1H3,(H,13,14). The Bertz CT molecular complexity index is 355. The molecule has 1 fully saturated rings. The summed E-state index contributed by atoms with van der Waals surface area (Å²) < 4.78 is 27.7. The lowest BCUT2D eigenvalue weighted by molar-refractivity contribution is -0.138. The summed E-state index contributed by atoms with van der Waals surface area (Å²) in [5.41, 5.74) is 0. The third-order valence-electron chi connectivity index (χ3n) is 2.83. The molecule has 0 aromatic heterocycles. The van der Waals surface area contributed by atoms with Gasteiger partial charge in [0.15, 0.2) is 0 Å². The van der Waals surface area contributed by atoms with E-state index >= 15 is 0 Å². The maximum Gasteiger partial charge on any atom is 0.304 e. The number of aliphatic carboxylic acids is 1. The lowest BCUT2D eigenvalue weighted by Gasteiger charge is -2.33. The second-order valence-corrected chi connectivity index (χ2v) is 5.97. The van der Waals surface area contributed by atoms with Crippen LogP contribution in [-0.4, -0.2) is 42.9 Å². The smallest absolute Gasteiger partial charge is 0.304 e. The van der Waals surface area contributed by atoms with Crippen LogP contribution in [0.3, 0.4) is 0 Å². The quantitative estimate of drug-likeness (QED) is 0.734. The molecule has 17 heavy (non-hydrogen) atoms. The molecule has 0 radical (unpaired) electrons. The fourth-order valence-electron chi connectivity index (χ4n) is 2.01. The van der Waals surface area contributed by atoms with Crippen LogP contribution in [0.5, 0.6) is 0 Å². The molecule has 0 spiro atoms. The van der Waals surface area contributed by atoms with E-state index in [0.29, 0.717) is 19.5 Å². The summed E-state index contributed by atoms with van der Waals surface area (Å²) in [5.74, 6) is -0.951. The van der Waals surface area contributed by atoms with Gasteiger partial charge in [-0.25, -0.2) is 4.72 Å². The number of hydrogen-bond donors (Lipinski definition) is 2. The summed E-state index contributed by atoms with van der Waals surface area (Å²) in [6.45, 7) is 2.68. The Labute approximate surface area is 102 Å². The number of carboxylic acids is 1. The number of rotatable bonds is 6. The molecule has 1 aliphatic rings. The number of nitrogens with one attached hydrogen (secondary N) is 1. The van der Waals surface area contributed by atoms with Gasteiger partial charge in [-0.05, 0) is 19.3 Å². The van der Waals surface area contributed by atoms with E-state index in [1.807, 2.05) is 6.92 Å². The maximum absolute atomic E-state index is 12.0. The monoisotopic (exact) mass is 264 g/mol. The van der Waals surface area contributed by atoms with Gasteiger partial charge < -0.3 is 5.11 Å². The molecule has 0 aliphatic carbocycles. The van der Waals surface area contributed by atoms with Crippen molar-refractivity contribution in [1.82, 2.24) is 9.03 Å².